The van der Waals surface area contributed by atoms with Gasteiger partial charge < -0.3 is 14.7 Å². The Hall–Kier alpha value is -1.14. The molecule has 0 aromatic heterocycles. The first kappa shape index (κ1) is 14.3. The molecule has 0 spiro atoms. The van der Waals surface area contributed by atoms with Crippen molar-refractivity contribution < 1.29 is 23.0 Å². The van der Waals surface area contributed by atoms with Crippen LogP contribution in [0.5, 0.6) is 5.75 Å². The molecular weight excluding hydrogens is 283 g/mol. The normalized spacial score (nSPS) is 17.6. The van der Waals surface area contributed by atoms with Gasteiger partial charge in [-0.15, -0.1) is 13.2 Å². The monoisotopic (exact) mass is 295 g/mol. The Bertz CT molecular complexity index is 445. The summed E-state index contributed by atoms with van der Waals surface area (Å²) in [6.07, 6.45) is -3.91. The maximum Gasteiger partial charge on any atom is 0.573 e. The third-order valence-corrected chi connectivity index (χ3v) is 3.14. The average Bonchev–Trinajstić information content (AvgIpc) is 2.26. The van der Waals surface area contributed by atoms with E-state index in [1.165, 1.54) is 6.07 Å². The summed E-state index contributed by atoms with van der Waals surface area (Å²) in [4.78, 5) is 1.88. The molecule has 1 saturated heterocycles. The molecule has 0 bridgehead atoms. The minimum Gasteiger partial charge on any atom is -0.406 e. The highest BCUT2D eigenvalue weighted by Crippen LogP contribution is 2.31. The number of piperidine rings is 1. The minimum absolute atomic E-state index is 0.183. The van der Waals surface area contributed by atoms with Crippen LogP contribution < -0.4 is 9.64 Å². The average molecular weight is 296 g/mol. The number of anilines is 1. The molecule has 0 atom stereocenters. The zero-order valence-corrected chi connectivity index (χ0v) is 10.7. The van der Waals surface area contributed by atoms with Crippen molar-refractivity contribution in [2.45, 2.75) is 25.3 Å². The van der Waals surface area contributed by atoms with Crippen molar-refractivity contribution in [3.8, 4) is 5.75 Å². The molecule has 0 saturated carbocycles. The van der Waals surface area contributed by atoms with Gasteiger partial charge in [0.1, 0.15) is 5.75 Å². The van der Waals surface area contributed by atoms with Gasteiger partial charge in [0.15, 0.2) is 0 Å². The second kappa shape index (κ2) is 5.46. The van der Waals surface area contributed by atoms with Crippen LogP contribution in [0.4, 0.5) is 18.9 Å². The summed E-state index contributed by atoms with van der Waals surface area (Å²) in [5, 5.41) is 9.59. The third-order valence-electron chi connectivity index (χ3n) is 2.92. The molecule has 1 aliphatic heterocycles. The number of aliphatic hydroxyl groups excluding tert-OH is 1. The van der Waals surface area contributed by atoms with Crippen LogP contribution in [0.15, 0.2) is 18.2 Å². The van der Waals surface area contributed by atoms with Crippen LogP contribution in [-0.4, -0.2) is 30.7 Å². The summed E-state index contributed by atoms with van der Waals surface area (Å²) in [6, 6.07) is 4.01. The fraction of sp³-hybridized carbons (Fsp3) is 0.500. The van der Waals surface area contributed by atoms with Crippen molar-refractivity contribution in [3.05, 3.63) is 23.2 Å². The molecule has 1 aromatic rings. The van der Waals surface area contributed by atoms with E-state index in [2.05, 4.69) is 4.74 Å². The number of ether oxygens (including phenoxy) is 1. The first-order chi connectivity index (χ1) is 8.83. The number of halogens is 4. The SMILES string of the molecule is OC1CCN(c2cc(Cl)cc(OC(F)(F)F)c2)CC1. The molecule has 106 valence electrons. The van der Waals surface area contributed by atoms with Crippen molar-refractivity contribution in [2.75, 3.05) is 18.0 Å². The molecule has 0 amide bonds. The molecule has 1 aliphatic rings. The molecular formula is C12H13ClF3NO2. The maximum absolute atomic E-state index is 12.2. The van der Waals surface area contributed by atoms with E-state index in [1.54, 1.807) is 6.07 Å². The van der Waals surface area contributed by atoms with Crippen molar-refractivity contribution in [1.29, 1.82) is 0 Å². The van der Waals surface area contributed by atoms with E-state index in [-0.39, 0.29) is 16.9 Å². The maximum atomic E-state index is 12.2. The molecule has 1 fully saturated rings. The lowest BCUT2D eigenvalue weighted by Gasteiger charge is -2.31. The van der Waals surface area contributed by atoms with Gasteiger partial charge in [-0.25, -0.2) is 0 Å². The summed E-state index contributed by atoms with van der Waals surface area (Å²) in [7, 11) is 0. The number of rotatable bonds is 2. The van der Waals surface area contributed by atoms with Gasteiger partial charge in [-0.2, -0.15) is 0 Å². The lowest BCUT2D eigenvalue weighted by Crippen LogP contribution is -2.35. The van der Waals surface area contributed by atoms with E-state index in [4.69, 9.17) is 11.6 Å². The molecule has 3 nitrogen and oxygen atoms in total. The van der Waals surface area contributed by atoms with Crippen molar-refractivity contribution >= 4 is 17.3 Å². The molecule has 0 unspecified atom stereocenters. The first-order valence-electron chi connectivity index (χ1n) is 5.83. The van der Waals surface area contributed by atoms with E-state index in [9.17, 15) is 18.3 Å². The number of hydrogen-bond donors (Lipinski definition) is 1. The standard InChI is InChI=1S/C12H13ClF3NO2/c13-8-5-9(17-3-1-10(18)2-4-17)7-11(6-8)19-12(14,15)16/h5-7,10,18H,1-4H2. The van der Waals surface area contributed by atoms with Crippen LogP contribution in [0.1, 0.15) is 12.8 Å². The largest absolute Gasteiger partial charge is 0.573 e. The molecule has 19 heavy (non-hydrogen) atoms. The Labute approximate surface area is 113 Å². The van der Waals surface area contributed by atoms with Gasteiger partial charge in [0.2, 0.25) is 0 Å². The van der Waals surface area contributed by atoms with Gasteiger partial charge in [-0.1, -0.05) is 11.6 Å². The Morgan fingerprint density at radius 1 is 1.21 bits per heavy atom. The van der Waals surface area contributed by atoms with E-state index >= 15 is 0 Å². The number of nitrogens with zero attached hydrogens (tertiary/aromatic N) is 1. The number of hydrogen-bond acceptors (Lipinski definition) is 3. The summed E-state index contributed by atoms with van der Waals surface area (Å²) in [5.74, 6) is -0.332. The topological polar surface area (TPSA) is 32.7 Å². The third kappa shape index (κ3) is 4.18. The predicted molar refractivity (Wildman–Crippen MR) is 65.6 cm³/mol. The molecule has 0 radical (unpaired) electrons. The zero-order valence-electron chi connectivity index (χ0n) is 9.95. The smallest absolute Gasteiger partial charge is 0.406 e. The Balaban J connectivity index is 2.17. The van der Waals surface area contributed by atoms with Crippen LogP contribution >= 0.6 is 11.6 Å². The highest BCUT2D eigenvalue weighted by molar-refractivity contribution is 6.31. The second-order valence-corrected chi connectivity index (χ2v) is 4.85. The van der Waals surface area contributed by atoms with Crippen molar-refractivity contribution in [1.82, 2.24) is 0 Å². The number of alkyl halides is 3. The van der Waals surface area contributed by atoms with Gasteiger partial charge in [-0.3, -0.25) is 0 Å². The van der Waals surface area contributed by atoms with E-state index in [1.807, 2.05) is 4.90 Å². The highest BCUT2D eigenvalue weighted by atomic mass is 35.5. The Morgan fingerprint density at radius 2 is 1.84 bits per heavy atom. The predicted octanol–water partition coefficient (Wildman–Crippen LogP) is 3.20. The zero-order chi connectivity index (χ0) is 14.0. The van der Waals surface area contributed by atoms with Gasteiger partial charge in [0.05, 0.1) is 6.10 Å². The highest BCUT2D eigenvalue weighted by Gasteiger charge is 2.31. The lowest BCUT2D eigenvalue weighted by atomic mass is 10.1. The van der Waals surface area contributed by atoms with Crippen LogP contribution in [0.3, 0.4) is 0 Å². The Morgan fingerprint density at radius 3 is 2.42 bits per heavy atom. The molecule has 7 heteroatoms. The minimum atomic E-state index is -4.74. The summed E-state index contributed by atoms with van der Waals surface area (Å²) < 4.78 is 40.4. The number of benzene rings is 1. The first-order valence-corrected chi connectivity index (χ1v) is 6.20. The quantitative estimate of drug-likeness (QED) is 0.909. The fourth-order valence-corrected chi connectivity index (χ4v) is 2.27. The van der Waals surface area contributed by atoms with Gasteiger partial charge in [-0.05, 0) is 25.0 Å². The van der Waals surface area contributed by atoms with E-state index in [0.29, 0.717) is 31.6 Å². The molecule has 1 heterocycles. The summed E-state index contributed by atoms with van der Waals surface area (Å²) in [6.45, 7) is 1.15. The number of aliphatic hydroxyl groups is 1. The van der Waals surface area contributed by atoms with Crippen molar-refractivity contribution in [3.63, 3.8) is 0 Å². The van der Waals surface area contributed by atoms with E-state index < -0.39 is 6.36 Å². The van der Waals surface area contributed by atoms with Crippen LogP contribution in [0.25, 0.3) is 0 Å². The van der Waals surface area contributed by atoms with Gasteiger partial charge in [0, 0.05) is 29.9 Å². The lowest BCUT2D eigenvalue weighted by molar-refractivity contribution is -0.274. The van der Waals surface area contributed by atoms with Crippen LogP contribution in [0, 0.1) is 0 Å². The van der Waals surface area contributed by atoms with Crippen LogP contribution in [-0.2, 0) is 0 Å². The van der Waals surface area contributed by atoms with Gasteiger partial charge in [0.25, 0.3) is 0 Å². The molecule has 0 aliphatic carbocycles. The second-order valence-electron chi connectivity index (χ2n) is 4.41. The van der Waals surface area contributed by atoms with Crippen LogP contribution in [0.2, 0.25) is 5.02 Å². The van der Waals surface area contributed by atoms with E-state index in [0.717, 1.165) is 6.07 Å². The van der Waals surface area contributed by atoms with Gasteiger partial charge >= 0.3 is 6.36 Å². The molecule has 1 aromatic carbocycles. The Kier molecular flexibility index (Phi) is 4.10. The molecule has 1 N–H and O–H groups in total. The summed E-state index contributed by atoms with van der Waals surface area (Å²) >= 11 is 5.80. The molecule has 2 rings (SSSR count). The van der Waals surface area contributed by atoms with Crippen molar-refractivity contribution in [2.24, 2.45) is 0 Å². The fourth-order valence-electron chi connectivity index (χ4n) is 2.05. The summed E-state index contributed by atoms with van der Waals surface area (Å²) in [5.41, 5.74) is 0.568.